The van der Waals surface area contributed by atoms with E-state index in [1.807, 2.05) is 0 Å². The first-order valence-corrected chi connectivity index (χ1v) is 3.53. The van der Waals surface area contributed by atoms with Crippen molar-refractivity contribution in [2.75, 3.05) is 0 Å². The van der Waals surface area contributed by atoms with Crippen LogP contribution in [-0.2, 0) is 9.53 Å². The molecule has 1 aliphatic heterocycles. The van der Waals surface area contributed by atoms with Crippen LogP contribution in [0.3, 0.4) is 0 Å². The topological polar surface area (TPSA) is 66.8 Å². The Labute approximate surface area is 64.8 Å². The molecule has 0 saturated carbocycles. The monoisotopic (exact) mass is 160 g/mol. The zero-order chi connectivity index (χ0) is 8.65. The number of ether oxygens (including phenoxy) is 1. The van der Waals surface area contributed by atoms with Crippen LogP contribution in [0.15, 0.2) is 0 Å². The van der Waals surface area contributed by atoms with Gasteiger partial charge in [-0.15, -0.1) is 0 Å². The Hall–Kier alpha value is -0.610. The summed E-state index contributed by atoms with van der Waals surface area (Å²) >= 11 is 0. The predicted molar refractivity (Wildman–Crippen MR) is 36.8 cm³/mol. The smallest absolute Gasteiger partial charge is 0.309 e. The normalized spacial score (nSPS) is 45.3. The molecule has 11 heavy (non-hydrogen) atoms. The minimum Gasteiger partial charge on any atom is -0.460 e. The maximum Gasteiger partial charge on any atom is 0.309 e. The summed E-state index contributed by atoms with van der Waals surface area (Å²) in [6.45, 7) is 2.98. The van der Waals surface area contributed by atoms with E-state index in [9.17, 15) is 15.0 Å². The fourth-order valence-electron chi connectivity index (χ4n) is 1.22. The van der Waals surface area contributed by atoms with Gasteiger partial charge < -0.3 is 14.9 Å². The first kappa shape index (κ1) is 8.49. The predicted octanol–water partition coefficient (Wildman–Crippen LogP) is -0.566. The molecule has 0 radical (unpaired) electrons. The third-order valence-electron chi connectivity index (χ3n) is 1.90. The lowest BCUT2D eigenvalue weighted by Crippen LogP contribution is -2.53. The summed E-state index contributed by atoms with van der Waals surface area (Å²) in [7, 11) is 0. The van der Waals surface area contributed by atoms with Gasteiger partial charge in [0.2, 0.25) is 0 Å². The lowest BCUT2D eigenvalue weighted by Gasteiger charge is -2.36. The molecule has 0 amide bonds. The first-order chi connectivity index (χ1) is 4.93. The Morgan fingerprint density at radius 3 is 2.73 bits per heavy atom. The summed E-state index contributed by atoms with van der Waals surface area (Å²) in [6.07, 6.45) is -1.75. The van der Waals surface area contributed by atoms with E-state index in [2.05, 4.69) is 4.74 Å². The van der Waals surface area contributed by atoms with E-state index < -0.39 is 23.8 Å². The first-order valence-electron chi connectivity index (χ1n) is 3.53. The van der Waals surface area contributed by atoms with Crippen LogP contribution in [0.25, 0.3) is 0 Å². The van der Waals surface area contributed by atoms with Crippen molar-refractivity contribution in [2.24, 2.45) is 0 Å². The number of cyclic esters (lactones) is 1. The Bertz CT molecular complexity index is 175. The van der Waals surface area contributed by atoms with Gasteiger partial charge in [0.15, 0.2) is 0 Å². The van der Waals surface area contributed by atoms with Gasteiger partial charge in [-0.1, -0.05) is 0 Å². The zero-order valence-electron chi connectivity index (χ0n) is 6.57. The summed E-state index contributed by atoms with van der Waals surface area (Å²) in [4.78, 5) is 10.7. The van der Waals surface area contributed by atoms with Crippen LogP contribution < -0.4 is 0 Å². The fraction of sp³-hybridized carbons (Fsp3) is 0.857. The second-order valence-corrected chi connectivity index (χ2v) is 3.17. The van der Waals surface area contributed by atoms with Gasteiger partial charge >= 0.3 is 5.97 Å². The Morgan fingerprint density at radius 2 is 2.27 bits per heavy atom. The average molecular weight is 160 g/mol. The van der Waals surface area contributed by atoms with Gasteiger partial charge in [-0.25, -0.2) is 0 Å². The summed E-state index contributed by atoms with van der Waals surface area (Å²) in [5.74, 6) is -0.465. The van der Waals surface area contributed by atoms with Crippen LogP contribution in [0, 0.1) is 0 Å². The van der Waals surface area contributed by atoms with Crippen molar-refractivity contribution in [2.45, 2.75) is 38.1 Å². The van der Waals surface area contributed by atoms with Crippen molar-refractivity contribution in [3.05, 3.63) is 0 Å². The van der Waals surface area contributed by atoms with Crippen molar-refractivity contribution >= 4 is 5.97 Å². The van der Waals surface area contributed by atoms with Gasteiger partial charge in [-0.3, -0.25) is 4.79 Å². The highest BCUT2D eigenvalue weighted by Crippen LogP contribution is 2.25. The van der Waals surface area contributed by atoms with Crippen LogP contribution >= 0.6 is 0 Å². The van der Waals surface area contributed by atoms with Gasteiger partial charge in [0.1, 0.15) is 17.8 Å². The molecule has 1 rings (SSSR count). The molecule has 4 heteroatoms. The van der Waals surface area contributed by atoms with Gasteiger partial charge in [0.25, 0.3) is 0 Å². The molecule has 4 nitrogen and oxygen atoms in total. The summed E-state index contributed by atoms with van der Waals surface area (Å²) in [5.41, 5.74) is -1.34. The highest BCUT2D eigenvalue weighted by atomic mass is 16.6. The number of carbonyl (C=O) groups excluding carboxylic acids is 1. The number of esters is 1. The SMILES string of the molecule is C[C@H]1OC(=O)C[C@](C)(O)[C@@H]1O. The molecular weight excluding hydrogens is 148 g/mol. The van der Waals surface area contributed by atoms with Crippen LogP contribution in [0.1, 0.15) is 20.3 Å². The Balaban J connectivity index is 2.75. The quantitative estimate of drug-likeness (QED) is 0.466. The van der Waals surface area contributed by atoms with E-state index >= 15 is 0 Å². The van der Waals surface area contributed by atoms with Crippen LogP contribution in [0.4, 0.5) is 0 Å². The summed E-state index contributed by atoms with van der Waals surface area (Å²) in [6, 6.07) is 0. The third kappa shape index (κ3) is 1.52. The Morgan fingerprint density at radius 1 is 1.73 bits per heavy atom. The van der Waals surface area contributed by atoms with Gasteiger partial charge in [-0.2, -0.15) is 0 Å². The van der Waals surface area contributed by atoms with Crippen molar-refractivity contribution in [1.29, 1.82) is 0 Å². The number of aliphatic hydroxyl groups excluding tert-OH is 1. The molecule has 0 unspecified atom stereocenters. The molecule has 0 spiro atoms. The molecule has 0 aromatic carbocycles. The molecule has 1 heterocycles. The molecule has 0 aromatic heterocycles. The van der Waals surface area contributed by atoms with E-state index in [0.29, 0.717) is 0 Å². The highest BCUT2D eigenvalue weighted by Gasteiger charge is 2.42. The minimum atomic E-state index is -1.34. The number of rotatable bonds is 0. The van der Waals surface area contributed by atoms with Gasteiger partial charge in [-0.05, 0) is 13.8 Å². The standard InChI is InChI=1S/C7H12O4/c1-4-6(9)7(2,10)3-5(8)11-4/h4,6,9-10H,3H2,1-2H3/t4-,6-,7+/m1/s1. The molecule has 1 saturated heterocycles. The maximum atomic E-state index is 10.7. The lowest BCUT2D eigenvalue weighted by molar-refractivity contribution is -0.193. The third-order valence-corrected chi connectivity index (χ3v) is 1.90. The molecule has 3 atom stereocenters. The number of aliphatic hydroxyl groups is 2. The van der Waals surface area contributed by atoms with E-state index in [4.69, 9.17) is 0 Å². The molecule has 0 bridgehead atoms. The summed E-state index contributed by atoms with van der Waals surface area (Å²) in [5, 5.41) is 18.7. The van der Waals surface area contributed by atoms with Gasteiger partial charge in [0.05, 0.1) is 6.42 Å². The second kappa shape index (κ2) is 2.46. The van der Waals surface area contributed by atoms with Crippen molar-refractivity contribution < 1.29 is 19.7 Å². The van der Waals surface area contributed by atoms with E-state index in [1.165, 1.54) is 6.92 Å². The molecule has 1 aliphatic rings. The van der Waals surface area contributed by atoms with Crippen molar-refractivity contribution in [1.82, 2.24) is 0 Å². The Kier molecular flexibility index (Phi) is 1.90. The number of carbonyl (C=O) groups is 1. The zero-order valence-corrected chi connectivity index (χ0v) is 6.57. The number of hydrogen-bond acceptors (Lipinski definition) is 4. The van der Waals surface area contributed by atoms with Crippen LogP contribution in [0.2, 0.25) is 0 Å². The maximum absolute atomic E-state index is 10.7. The molecule has 0 aromatic rings. The number of hydrogen-bond donors (Lipinski definition) is 2. The molecule has 2 N–H and O–H groups in total. The molecule has 0 aliphatic carbocycles. The van der Waals surface area contributed by atoms with E-state index in [0.717, 1.165) is 0 Å². The van der Waals surface area contributed by atoms with Crippen molar-refractivity contribution in [3.63, 3.8) is 0 Å². The van der Waals surface area contributed by atoms with Crippen LogP contribution in [0.5, 0.6) is 0 Å². The molecule has 1 fully saturated rings. The minimum absolute atomic E-state index is 0.140. The second-order valence-electron chi connectivity index (χ2n) is 3.17. The molecule has 64 valence electrons. The van der Waals surface area contributed by atoms with Gasteiger partial charge in [0, 0.05) is 0 Å². The van der Waals surface area contributed by atoms with Crippen LogP contribution in [-0.4, -0.2) is 34.0 Å². The molecular formula is C7H12O4. The van der Waals surface area contributed by atoms with Crippen molar-refractivity contribution in [3.8, 4) is 0 Å². The largest absolute Gasteiger partial charge is 0.460 e. The average Bonchev–Trinajstić information content (AvgIpc) is 1.81. The highest BCUT2D eigenvalue weighted by molar-refractivity contribution is 5.72. The lowest BCUT2D eigenvalue weighted by atomic mass is 9.89. The van der Waals surface area contributed by atoms with E-state index in [1.54, 1.807) is 6.92 Å². The van der Waals surface area contributed by atoms with E-state index in [-0.39, 0.29) is 6.42 Å². The fourth-order valence-corrected chi connectivity index (χ4v) is 1.22. The summed E-state index contributed by atoms with van der Waals surface area (Å²) < 4.78 is 4.69.